The van der Waals surface area contributed by atoms with Crippen molar-refractivity contribution in [1.82, 2.24) is 16.2 Å². The van der Waals surface area contributed by atoms with Gasteiger partial charge in [0, 0.05) is 23.1 Å². The normalized spacial score (nSPS) is 10.1. The predicted molar refractivity (Wildman–Crippen MR) is 114 cm³/mol. The number of hydrazine groups is 1. The quantitative estimate of drug-likeness (QED) is 0.327. The minimum Gasteiger partial charge on any atom is -0.483 e. The number of hydrogen-bond acceptors (Lipinski definition) is 6. The number of nitro benzene ring substituents is 1. The van der Waals surface area contributed by atoms with Crippen LogP contribution < -0.4 is 20.9 Å². The zero-order valence-electron chi connectivity index (χ0n) is 15.5. The van der Waals surface area contributed by atoms with Crippen molar-refractivity contribution in [2.45, 2.75) is 0 Å². The van der Waals surface area contributed by atoms with E-state index in [0.29, 0.717) is 5.75 Å². The van der Waals surface area contributed by atoms with Crippen molar-refractivity contribution in [3.05, 3.63) is 82.4 Å². The van der Waals surface area contributed by atoms with Crippen LogP contribution >= 0.6 is 12.2 Å². The van der Waals surface area contributed by atoms with E-state index in [1.807, 2.05) is 36.4 Å². The molecule has 0 saturated carbocycles. The van der Waals surface area contributed by atoms with Crippen molar-refractivity contribution >= 4 is 45.6 Å². The molecule has 3 aromatic rings. The van der Waals surface area contributed by atoms with E-state index in [0.717, 1.165) is 10.8 Å². The molecule has 2 amide bonds. The Kier molecular flexibility index (Phi) is 6.50. The fourth-order valence-electron chi connectivity index (χ4n) is 2.58. The van der Waals surface area contributed by atoms with Crippen molar-refractivity contribution in [1.29, 1.82) is 0 Å². The highest BCUT2D eigenvalue weighted by Gasteiger charge is 2.11. The van der Waals surface area contributed by atoms with E-state index < -0.39 is 16.7 Å². The number of fused-ring (bicyclic) bond motifs is 1. The van der Waals surface area contributed by atoms with Gasteiger partial charge < -0.3 is 4.74 Å². The molecule has 0 atom stereocenters. The van der Waals surface area contributed by atoms with Gasteiger partial charge in [0.2, 0.25) is 0 Å². The third-order valence-electron chi connectivity index (χ3n) is 3.99. The molecule has 0 radical (unpaired) electrons. The number of nitro groups is 1. The standard InChI is InChI=1S/C20H16N4O5S/c25-18(12-29-17-7-3-5-13-4-1-2-6-16(13)17)21-20(30)23-22-19(26)14-8-10-15(11-9-14)24(27)28/h1-11H,12H2,(H,22,26)(H2,21,23,25,30). The fraction of sp³-hybridized carbons (Fsp3) is 0.0500. The molecule has 0 unspecified atom stereocenters. The molecule has 3 N–H and O–H groups in total. The van der Waals surface area contributed by atoms with Crippen LogP contribution in [0.4, 0.5) is 5.69 Å². The molecule has 152 valence electrons. The monoisotopic (exact) mass is 424 g/mol. The van der Waals surface area contributed by atoms with E-state index >= 15 is 0 Å². The fourth-order valence-corrected chi connectivity index (χ4v) is 2.74. The van der Waals surface area contributed by atoms with Crippen LogP contribution in [0.15, 0.2) is 66.7 Å². The maximum absolute atomic E-state index is 12.0. The molecule has 0 fully saturated rings. The minimum atomic E-state index is -0.575. The van der Waals surface area contributed by atoms with E-state index in [-0.39, 0.29) is 23.0 Å². The van der Waals surface area contributed by atoms with Crippen LogP contribution in [-0.4, -0.2) is 28.5 Å². The van der Waals surface area contributed by atoms with E-state index in [1.54, 1.807) is 6.07 Å². The van der Waals surface area contributed by atoms with Crippen LogP contribution in [0.2, 0.25) is 0 Å². The summed E-state index contributed by atoms with van der Waals surface area (Å²) in [5.41, 5.74) is 4.73. The number of rotatable bonds is 5. The van der Waals surface area contributed by atoms with Crippen molar-refractivity contribution in [3.8, 4) is 5.75 Å². The number of carbonyl (C=O) groups excluding carboxylic acids is 2. The van der Waals surface area contributed by atoms with Gasteiger partial charge in [-0.05, 0) is 35.8 Å². The van der Waals surface area contributed by atoms with Crippen LogP contribution in [-0.2, 0) is 4.79 Å². The number of non-ortho nitro benzene ring substituents is 1. The number of hydrogen-bond donors (Lipinski definition) is 3. The molecule has 0 spiro atoms. The maximum Gasteiger partial charge on any atom is 0.269 e. The molecule has 0 aliphatic heterocycles. The average molecular weight is 424 g/mol. The van der Waals surface area contributed by atoms with E-state index in [1.165, 1.54) is 24.3 Å². The van der Waals surface area contributed by atoms with Crippen molar-refractivity contribution in [2.75, 3.05) is 6.61 Å². The summed E-state index contributed by atoms with van der Waals surface area (Å²) in [4.78, 5) is 34.1. The number of carbonyl (C=O) groups is 2. The Bertz CT molecular complexity index is 1110. The van der Waals surface area contributed by atoms with Crippen molar-refractivity contribution in [2.24, 2.45) is 0 Å². The lowest BCUT2D eigenvalue weighted by Gasteiger charge is -2.12. The second kappa shape index (κ2) is 9.43. The molecule has 30 heavy (non-hydrogen) atoms. The van der Waals surface area contributed by atoms with E-state index in [2.05, 4.69) is 16.2 Å². The summed E-state index contributed by atoms with van der Waals surface area (Å²) in [6, 6.07) is 18.2. The molecule has 0 saturated heterocycles. The average Bonchev–Trinajstić information content (AvgIpc) is 2.76. The largest absolute Gasteiger partial charge is 0.483 e. The van der Waals surface area contributed by atoms with Gasteiger partial charge in [-0.25, -0.2) is 0 Å². The molecule has 0 bridgehead atoms. The molecule has 0 aliphatic rings. The number of thiocarbonyl (C=S) groups is 1. The molecular weight excluding hydrogens is 408 g/mol. The van der Waals surface area contributed by atoms with Gasteiger partial charge in [-0.1, -0.05) is 36.4 Å². The first kappa shape index (κ1) is 20.7. The van der Waals surface area contributed by atoms with Gasteiger partial charge in [0.1, 0.15) is 5.75 Å². The summed E-state index contributed by atoms with van der Waals surface area (Å²) in [5, 5.41) is 14.8. The van der Waals surface area contributed by atoms with Crippen molar-refractivity contribution in [3.63, 3.8) is 0 Å². The number of nitrogens with zero attached hydrogens (tertiary/aromatic N) is 1. The van der Waals surface area contributed by atoms with Gasteiger partial charge in [0.15, 0.2) is 11.7 Å². The van der Waals surface area contributed by atoms with Gasteiger partial charge in [-0.2, -0.15) is 0 Å². The summed E-state index contributed by atoms with van der Waals surface area (Å²) in [7, 11) is 0. The lowest BCUT2D eigenvalue weighted by atomic mass is 10.1. The Morgan fingerprint density at radius 3 is 2.40 bits per heavy atom. The zero-order valence-corrected chi connectivity index (χ0v) is 16.3. The topological polar surface area (TPSA) is 123 Å². The second-order valence-corrected chi connectivity index (χ2v) is 6.43. The molecule has 0 aliphatic carbocycles. The smallest absolute Gasteiger partial charge is 0.269 e. The molecular formula is C20H16N4O5S. The van der Waals surface area contributed by atoms with Crippen LogP contribution in [0.1, 0.15) is 10.4 Å². The zero-order chi connectivity index (χ0) is 21.5. The molecule has 3 rings (SSSR count). The lowest BCUT2D eigenvalue weighted by Crippen LogP contribution is -2.49. The Morgan fingerprint density at radius 1 is 0.967 bits per heavy atom. The first-order valence-corrected chi connectivity index (χ1v) is 9.10. The Hall–Kier alpha value is -4.05. The number of nitrogens with one attached hydrogen (secondary N) is 3. The van der Waals surface area contributed by atoms with Crippen LogP contribution in [0, 0.1) is 10.1 Å². The second-order valence-electron chi connectivity index (χ2n) is 6.03. The maximum atomic E-state index is 12.0. The van der Waals surface area contributed by atoms with E-state index in [9.17, 15) is 19.7 Å². The van der Waals surface area contributed by atoms with Gasteiger partial charge in [0.05, 0.1) is 4.92 Å². The Morgan fingerprint density at radius 2 is 1.67 bits per heavy atom. The highest BCUT2D eigenvalue weighted by atomic mass is 32.1. The number of benzene rings is 3. The molecule has 10 heteroatoms. The summed E-state index contributed by atoms with van der Waals surface area (Å²) >= 11 is 4.96. The highest BCUT2D eigenvalue weighted by molar-refractivity contribution is 7.80. The predicted octanol–water partition coefficient (Wildman–Crippen LogP) is 2.46. The van der Waals surface area contributed by atoms with Gasteiger partial charge in [-0.15, -0.1) is 0 Å². The van der Waals surface area contributed by atoms with Gasteiger partial charge in [0.25, 0.3) is 17.5 Å². The first-order valence-electron chi connectivity index (χ1n) is 8.69. The van der Waals surface area contributed by atoms with Gasteiger partial charge in [-0.3, -0.25) is 35.9 Å². The van der Waals surface area contributed by atoms with E-state index in [4.69, 9.17) is 17.0 Å². The SMILES string of the molecule is O=C(COc1cccc2ccccc12)NC(=S)NNC(=O)c1ccc([N+](=O)[O-])cc1. The van der Waals surface area contributed by atoms with Crippen molar-refractivity contribution < 1.29 is 19.2 Å². The first-order chi connectivity index (χ1) is 14.4. The molecule has 9 nitrogen and oxygen atoms in total. The lowest BCUT2D eigenvalue weighted by molar-refractivity contribution is -0.384. The minimum absolute atomic E-state index is 0.128. The molecule has 0 aromatic heterocycles. The number of ether oxygens (including phenoxy) is 1. The molecule has 0 heterocycles. The highest BCUT2D eigenvalue weighted by Crippen LogP contribution is 2.24. The molecule has 3 aromatic carbocycles. The Balaban J connectivity index is 1.47. The van der Waals surface area contributed by atoms with Gasteiger partial charge >= 0.3 is 0 Å². The summed E-state index contributed by atoms with van der Waals surface area (Å²) in [6.07, 6.45) is 0. The van der Waals surface area contributed by atoms with Crippen LogP contribution in [0.25, 0.3) is 10.8 Å². The van der Waals surface area contributed by atoms with Crippen LogP contribution in [0.5, 0.6) is 5.75 Å². The number of amides is 2. The summed E-state index contributed by atoms with van der Waals surface area (Å²) in [5.74, 6) is -0.521. The summed E-state index contributed by atoms with van der Waals surface area (Å²) in [6.45, 7) is -0.272. The Labute approximate surface area is 176 Å². The van der Waals surface area contributed by atoms with Crippen LogP contribution in [0.3, 0.4) is 0 Å². The third kappa shape index (κ3) is 5.26. The summed E-state index contributed by atoms with van der Waals surface area (Å²) < 4.78 is 5.57. The third-order valence-corrected chi connectivity index (χ3v) is 4.20.